The van der Waals surface area contributed by atoms with E-state index >= 15 is 0 Å². The van der Waals surface area contributed by atoms with E-state index in [1.807, 2.05) is 48.5 Å². The molecule has 2 amide bonds. The topological polar surface area (TPSA) is 40.6 Å². The van der Waals surface area contributed by atoms with E-state index in [0.29, 0.717) is 27.9 Å². The Balaban J connectivity index is 1.74. The number of rotatable bonds is 5. The summed E-state index contributed by atoms with van der Waals surface area (Å²) in [6.45, 7) is 3.14. The van der Waals surface area contributed by atoms with E-state index in [2.05, 4.69) is 22.9 Å². The highest BCUT2D eigenvalue weighted by Gasteiger charge is 2.41. The van der Waals surface area contributed by atoms with E-state index < -0.39 is 0 Å². The molecule has 1 saturated heterocycles. The fraction of sp³-hybridized carbons (Fsp3) is 0.227. The first-order chi connectivity index (χ1) is 14.0. The Labute approximate surface area is 188 Å². The number of thiocarbonyl (C=S) groups is 1. The van der Waals surface area contributed by atoms with Gasteiger partial charge in [-0.2, -0.15) is 0 Å². The molecular formula is C22H19BrN2O2S2. The quantitative estimate of drug-likeness (QED) is 0.420. The predicted octanol–water partition coefficient (Wildman–Crippen LogP) is 5.37. The maximum absolute atomic E-state index is 13.3. The van der Waals surface area contributed by atoms with Crippen molar-refractivity contribution in [3.05, 3.63) is 69.0 Å². The molecule has 2 aromatic rings. The van der Waals surface area contributed by atoms with Crippen molar-refractivity contribution in [1.29, 1.82) is 0 Å². The van der Waals surface area contributed by atoms with Gasteiger partial charge < -0.3 is 4.90 Å². The zero-order valence-electron chi connectivity index (χ0n) is 15.9. The van der Waals surface area contributed by atoms with Crippen molar-refractivity contribution in [2.24, 2.45) is 0 Å². The Bertz CT molecular complexity index is 1040. The van der Waals surface area contributed by atoms with Gasteiger partial charge in [0.2, 0.25) is 0 Å². The fourth-order valence-corrected chi connectivity index (χ4v) is 5.20. The molecule has 2 aliphatic rings. The van der Waals surface area contributed by atoms with Crippen LogP contribution in [0.3, 0.4) is 0 Å². The van der Waals surface area contributed by atoms with Gasteiger partial charge in [-0.3, -0.25) is 14.5 Å². The first kappa shape index (κ1) is 20.3. The van der Waals surface area contributed by atoms with E-state index in [1.165, 1.54) is 11.8 Å². The number of nitrogens with zero attached hydrogens (tertiary/aromatic N) is 2. The normalized spacial score (nSPS) is 18.8. The summed E-state index contributed by atoms with van der Waals surface area (Å²) >= 11 is 10.2. The Morgan fingerprint density at radius 3 is 2.52 bits per heavy atom. The average molecular weight is 487 g/mol. The van der Waals surface area contributed by atoms with Gasteiger partial charge in [0.25, 0.3) is 11.8 Å². The van der Waals surface area contributed by atoms with E-state index in [4.69, 9.17) is 12.2 Å². The number of halogens is 1. The largest absolute Gasteiger partial charge is 0.308 e. The van der Waals surface area contributed by atoms with Crippen LogP contribution in [0.2, 0.25) is 0 Å². The van der Waals surface area contributed by atoms with Crippen LogP contribution in [0, 0.1) is 0 Å². The summed E-state index contributed by atoms with van der Waals surface area (Å²) in [5, 5.41) is 0. The van der Waals surface area contributed by atoms with Gasteiger partial charge in [-0.1, -0.05) is 83.6 Å². The highest BCUT2D eigenvalue weighted by atomic mass is 79.9. The van der Waals surface area contributed by atoms with E-state index in [9.17, 15) is 9.59 Å². The Morgan fingerprint density at radius 2 is 1.79 bits per heavy atom. The van der Waals surface area contributed by atoms with Gasteiger partial charge in [0.15, 0.2) is 0 Å². The Morgan fingerprint density at radius 1 is 1.03 bits per heavy atom. The van der Waals surface area contributed by atoms with Crippen molar-refractivity contribution in [2.75, 3.05) is 11.4 Å². The van der Waals surface area contributed by atoms with Crippen LogP contribution >= 0.6 is 39.9 Å². The molecule has 1 fully saturated rings. The van der Waals surface area contributed by atoms with Crippen LogP contribution in [-0.4, -0.2) is 27.6 Å². The lowest BCUT2D eigenvalue weighted by atomic mass is 10.1. The first-order valence-electron chi connectivity index (χ1n) is 9.45. The van der Waals surface area contributed by atoms with E-state index in [-0.39, 0.29) is 11.8 Å². The van der Waals surface area contributed by atoms with Crippen LogP contribution in [0.15, 0.2) is 57.9 Å². The molecule has 0 radical (unpaired) electrons. The van der Waals surface area contributed by atoms with Crippen LogP contribution in [-0.2, 0) is 16.1 Å². The van der Waals surface area contributed by atoms with Gasteiger partial charge in [0.1, 0.15) is 4.32 Å². The van der Waals surface area contributed by atoms with Crippen LogP contribution < -0.4 is 4.90 Å². The summed E-state index contributed by atoms with van der Waals surface area (Å²) in [5.74, 6) is -0.317. The molecule has 7 heteroatoms. The molecule has 2 heterocycles. The lowest BCUT2D eigenvalue weighted by Crippen LogP contribution is -2.29. The van der Waals surface area contributed by atoms with Crippen molar-refractivity contribution >= 4 is 67.3 Å². The molecule has 0 aromatic heterocycles. The van der Waals surface area contributed by atoms with E-state index in [1.54, 1.807) is 9.80 Å². The standard InChI is InChI=1S/C22H19BrN2O2S2/c1-2-3-11-24-17-10-9-15(23)12-16(17)18(20(24)26)19-21(27)25(22(28)29-19)13-14-7-5-4-6-8-14/h4-10,12H,2-3,11,13H2,1H3/b19-18-. The number of carbonyl (C=O) groups is 2. The number of amides is 2. The first-order valence-corrected chi connectivity index (χ1v) is 11.5. The molecule has 0 atom stereocenters. The van der Waals surface area contributed by atoms with Crippen molar-refractivity contribution < 1.29 is 9.59 Å². The maximum Gasteiger partial charge on any atom is 0.267 e. The summed E-state index contributed by atoms with van der Waals surface area (Å²) < 4.78 is 1.36. The molecule has 2 aliphatic heterocycles. The highest BCUT2D eigenvalue weighted by molar-refractivity contribution is 9.10. The second-order valence-corrected chi connectivity index (χ2v) is 9.48. The third-order valence-corrected chi connectivity index (χ3v) is 6.91. The number of carbonyl (C=O) groups excluding carboxylic acids is 2. The number of hydrogen-bond acceptors (Lipinski definition) is 4. The van der Waals surface area contributed by atoms with Gasteiger partial charge >= 0.3 is 0 Å². The van der Waals surface area contributed by atoms with Crippen LogP contribution in [0.5, 0.6) is 0 Å². The maximum atomic E-state index is 13.3. The summed E-state index contributed by atoms with van der Waals surface area (Å²) in [5.41, 5.74) is 3.11. The molecule has 0 saturated carbocycles. The third kappa shape index (κ3) is 3.79. The van der Waals surface area contributed by atoms with Gasteiger partial charge in [-0.25, -0.2) is 0 Å². The monoisotopic (exact) mass is 486 g/mol. The van der Waals surface area contributed by atoms with Gasteiger partial charge in [0, 0.05) is 16.6 Å². The number of unbranched alkanes of at least 4 members (excludes halogenated alkanes) is 1. The molecule has 0 unspecified atom stereocenters. The lowest BCUT2D eigenvalue weighted by Gasteiger charge is -2.16. The average Bonchev–Trinajstić information content (AvgIpc) is 3.14. The minimum Gasteiger partial charge on any atom is -0.308 e. The van der Waals surface area contributed by atoms with Gasteiger partial charge in [-0.05, 0) is 30.2 Å². The molecule has 0 bridgehead atoms. The summed E-state index contributed by atoms with van der Waals surface area (Å²) in [7, 11) is 0. The summed E-state index contributed by atoms with van der Waals surface area (Å²) in [4.78, 5) is 30.3. The van der Waals surface area contributed by atoms with Crippen LogP contribution in [0.1, 0.15) is 30.9 Å². The predicted molar refractivity (Wildman–Crippen MR) is 126 cm³/mol. The van der Waals surface area contributed by atoms with Gasteiger partial charge in [-0.15, -0.1) is 0 Å². The second-order valence-electron chi connectivity index (χ2n) is 6.92. The zero-order valence-corrected chi connectivity index (χ0v) is 19.1. The molecular weight excluding hydrogens is 468 g/mol. The smallest absolute Gasteiger partial charge is 0.267 e. The minimum atomic E-state index is -0.199. The van der Waals surface area contributed by atoms with Crippen molar-refractivity contribution in [3.8, 4) is 0 Å². The Kier molecular flexibility index (Phi) is 5.90. The second kappa shape index (κ2) is 8.42. The lowest BCUT2D eigenvalue weighted by molar-refractivity contribution is -0.122. The summed E-state index contributed by atoms with van der Waals surface area (Å²) in [6, 6.07) is 15.5. The van der Waals surface area contributed by atoms with E-state index in [0.717, 1.165) is 34.1 Å². The molecule has 0 spiro atoms. The zero-order chi connectivity index (χ0) is 20.5. The molecule has 0 aliphatic carbocycles. The molecule has 4 nitrogen and oxygen atoms in total. The van der Waals surface area contributed by atoms with Crippen molar-refractivity contribution in [1.82, 2.24) is 4.90 Å². The Hall–Kier alpha value is -1.96. The number of hydrogen-bond donors (Lipinski definition) is 0. The third-order valence-electron chi connectivity index (χ3n) is 4.97. The number of thioether (sulfide) groups is 1. The highest BCUT2D eigenvalue weighted by Crippen LogP contribution is 2.45. The van der Waals surface area contributed by atoms with Gasteiger partial charge in [0.05, 0.1) is 22.7 Å². The van der Waals surface area contributed by atoms with Crippen LogP contribution in [0.25, 0.3) is 5.57 Å². The molecule has 148 valence electrons. The van der Waals surface area contributed by atoms with Crippen molar-refractivity contribution in [2.45, 2.75) is 26.3 Å². The SMILES string of the molecule is CCCCN1C(=O)/C(=C2\SC(=S)N(Cc3ccccc3)C2=O)c2cc(Br)ccc21. The fourth-order valence-electron chi connectivity index (χ4n) is 3.51. The van der Waals surface area contributed by atoms with Crippen molar-refractivity contribution in [3.63, 3.8) is 0 Å². The number of fused-ring (bicyclic) bond motifs is 1. The minimum absolute atomic E-state index is 0.119. The molecule has 0 N–H and O–H groups in total. The molecule has 29 heavy (non-hydrogen) atoms. The molecule has 4 rings (SSSR count). The molecule has 2 aromatic carbocycles. The number of anilines is 1. The summed E-state index contributed by atoms with van der Waals surface area (Å²) in [6.07, 6.45) is 1.90. The van der Waals surface area contributed by atoms with Crippen LogP contribution in [0.4, 0.5) is 5.69 Å². The number of benzene rings is 2.